The normalized spacial score (nSPS) is 20.7. The van der Waals surface area contributed by atoms with Gasteiger partial charge in [0.25, 0.3) is 0 Å². The highest BCUT2D eigenvalue weighted by molar-refractivity contribution is 5.17. The van der Waals surface area contributed by atoms with Crippen molar-refractivity contribution in [2.24, 2.45) is 0 Å². The molecule has 0 spiro atoms. The molecule has 2 atom stereocenters. The van der Waals surface area contributed by atoms with Gasteiger partial charge in [0.15, 0.2) is 0 Å². The van der Waals surface area contributed by atoms with Crippen molar-refractivity contribution in [1.29, 1.82) is 0 Å². The lowest BCUT2D eigenvalue weighted by atomic mass is 9.95. The summed E-state index contributed by atoms with van der Waals surface area (Å²) in [4.78, 5) is 2.42. The number of ether oxygens (including phenoxy) is 1. The van der Waals surface area contributed by atoms with E-state index < -0.39 is 0 Å². The second-order valence-electron chi connectivity index (χ2n) is 6.94. The Hall–Kier alpha value is -1.68. The Bertz CT molecular complexity index is 560. The largest absolute Gasteiger partial charge is 0.390 e. The minimum Gasteiger partial charge on any atom is -0.390 e. The van der Waals surface area contributed by atoms with Crippen molar-refractivity contribution in [3.63, 3.8) is 0 Å². The minimum absolute atomic E-state index is 0.0176. The number of hydrogen-bond donors (Lipinski definition) is 1. The molecule has 1 aliphatic carbocycles. The Balaban J connectivity index is 1.55. The van der Waals surface area contributed by atoms with E-state index in [1.165, 1.54) is 17.5 Å². The predicted octanol–water partition coefficient (Wildman–Crippen LogP) is 4.01. The van der Waals surface area contributed by atoms with Crippen molar-refractivity contribution in [3.8, 4) is 0 Å². The minimum atomic E-state index is -0.287. The Morgan fingerprint density at radius 3 is 1.96 bits per heavy atom. The molecule has 0 aromatic heterocycles. The smallest absolute Gasteiger partial charge is 0.0834 e. The van der Waals surface area contributed by atoms with E-state index in [-0.39, 0.29) is 12.2 Å². The molecule has 3 rings (SSSR count). The van der Waals surface area contributed by atoms with Crippen LogP contribution < -0.4 is 0 Å². The predicted molar refractivity (Wildman–Crippen MR) is 101 cm³/mol. The SMILES string of the molecule is OC1CCCCC1OCCN(Cc1ccccc1)Cc1ccccc1. The fourth-order valence-corrected chi connectivity index (χ4v) is 3.50. The van der Waals surface area contributed by atoms with Gasteiger partial charge in [-0.15, -0.1) is 0 Å². The fourth-order valence-electron chi connectivity index (χ4n) is 3.50. The first-order valence-electron chi connectivity index (χ1n) is 9.41. The third-order valence-corrected chi connectivity index (χ3v) is 4.91. The molecule has 3 nitrogen and oxygen atoms in total. The van der Waals surface area contributed by atoms with E-state index >= 15 is 0 Å². The third-order valence-electron chi connectivity index (χ3n) is 4.91. The molecule has 1 aliphatic rings. The lowest BCUT2D eigenvalue weighted by molar-refractivity contribution is -0.0638. The van der Waals surface area contributed by atoms with Gasteiger partial charge in [0.1, 0.15) is 0 Å². The van der Waals surface area contributed by atoms with E-state index in [0.717, 1.165) is 38.9 Å². The van der Waals surface area contributed by atoms with Gasteiger partial charge in [-0.2, -0.15) is 0 Å². The zero-order valence-electron chi connectivity index (χ0n) is 14.9. The van der Waals surface area contributed by atoms with Crippen LogP contribution in [0.15, 0.2) is 60.7 Å². The molecule has 0 saturated heterocycles. The molecular weight excluding hydrogens is 310 g/mol. The molecule has 0 heterocycles. The maximum Gasteiger partial charge on any atom is 0.0834 e. The molecule has 1 N–H and O–H groups in total. The van der Waals surface area contributed by atoms with Crippen molar-refractivity contribution in [3.05, 3.63) is 71.8 Å². The van der Waals surface area contributed by atoms with E-state index in [9.17, 15) is 5.11 Å². The molecule has 134 valence electrons. The Morgan fingerprint density at radius 1 is 0.840 bits per heavy atom. The van der Waals surface area contributed by atoms with Crippen molar-refractivity contribution in [2.45, 2.75) is 51.0 Å². The molecule has 3 heteroatoms. The maximum absolute atomic E-state index is 10.1. The van der Waals surface area contributed by atoms with Gasteiger partial charge in [0.05, 0.1) is 18.8 Å². The summed E-state index contributed by atoms with van der Waals surface area (Å²) in [6, 6.07) is 21.1. The summed E-state index contributed by atoms with van der Waals surface area (Å²) in [5.41, 5.74) is 2.63. The lowest BCUT2D eigenvalue weighted by Crippen LogP contribution is -2.35. The summed E-state index contributed by atoms with van der Waals surface area (Å²) in [5, 5.41) is 10.1. The number of aliphatic hydroxyl groups is 1. The topological polar surface area (TPSA) is 32.7 Å². The summed E-state index contributed by atoms with van der Waals surface area (Å²) in [7, 11) is 0. The van der Waals surface area contributed by atoms with Crippen LogP contribution in [0.5, 0.6) is 0 Å². The van der Waals surface area contributed by atoms with E-state index in [2.05, 4.69) is 65.6 Å². The van der Waals surface area contributed by atoms with Crippen LogP contribution in [0.3, 0.4) is 0 Å². The number of benzene rings is 2. The van der Waals surface area contributed by atoms with Crippen LogP contribution >= 0.6 is 0 Å². The quantitative estimate of drug-likeness (QED) is 0.789. The molecule has 0 radical (unpaired) electrons. The Labute approximate surface area is 151 Å². The van der Waals surface area contributed by atoms with Crippen LogP contribution in [0.1, 0.15) is 36.8 Å². The monoisotopic (exact) mass is 339 g/mol. The Kier molecular flexibility index (Phi) is 7.04. The van der Waals surface area contributed by atoms with Gasteiger partial charge < -0.3 is 9.84 Å². The highest BCUT2D eigenvalue weighted by Gasteiger charge is 2.23. The first-order chi connectivity index (χ1) is 12.3. The van der Waals surface area contributed by atoms with Crippen LogP contribution in [0.2, 0.25) is 0 Å². The summed E-state index contributed by atoms with van der Waals surface area (Å²) in [6.45, 7) is 3.35. The van der Waals surface area contributed by atoms with Gasteiger partial charge in [0, 0.05) is 19.6 Å². The van der Waals surface area contributed by atoms with Gasteiger partial charge in [-0.3, -0.25) is 4.90 Å². The average molecular weight is 339 g/mol. The summed E-state index contributed by atoms with van der Waals surface area (Å²) < 4.78 is 6.01. The van der Waals surface area contributed by atoms with Gasteiger partial charge in [-0.1, -0.05) is 73.5 Å². The zero-order valence-corrected chi connectivity index (χ0v) is 14.9. The van der Waals surface area contributed by atoms with Crippen LogP contribution in [0.4, 0.5) is 0 Å². The summed E-state index contributed by atoms with van der Waals surface area (Å²) >= 11 is 0. The van der Waals surface area contributed by atoms with Crippen LogP contribution in [0, 0.1) is 0 Å². The molecular formula is C22H29NO2. The molecule has 2 unspecified atom stereocenters. The van der Waals surface area contributed by atoms with Crippen molar-refractivity contribution < 1.29 is 9.84 Å². The van der Waals surface area contributed by atoms with Crippen LogP contribution in [-0.2, 0) is 17.8 Å². The molecule has 0 aliphatic heterocycles. The molecule has 2 aromatic carbocycles. The van der Waals surface area contributed by atoms with Gasteiger partial charge in [-0.05, 0) is 24.0 Å². The standard InChI is InChI=1S/C22H29NO2/c24-21-13-7-8-14-22(21)25-16-15-23(17-19-9-3-1-4-10-19)18-20-11-5-2-6-12-20/h1-6,9-12,21-22,24H,7-8,13-18H2. The first kappa shape index (κ1) is 18.1. The molecule has 0 amide bonds. The average Bonchev–Trinajstić information content (AvgIpc) is 2.65. The number of aliphatic hydroxyl groups excluding tert-OH is 1. The second-order valence-corrected chi connectivity index (χ2v) is 6.94. The Morgan fingerprint density at radius 2 is 1.40 bits per heavy atom. The van der Waals surface area contributed by atoms with Crippen LogP contribution in [-0.4, -0.2) is 35.4 Å². The third kappa shape index (κ3) is 5.96. The number of hydrogen-bond acceptors (Lipinski definition) is 3. The maximum atomic E-state index is 10.1. The fraction of sp³-hybridized carbons (Fsp3) is 0.455. The van der Waals surface area contributed by atoms with E-state index in [1.807, 2.05) is 0 Å². The van der Waals surface area contributed by atoms with Gasteiger partial charge in [-0.25, -0.2) is 0 Å². The molecule has 0 bridgehead atoms. The number of rotatable bonds is 8. The van der Waals surface area contributed by atoms with Crippen molar-refractivity contribution >= 4 is 0 Å². The lowest BCUT2D eigenvalue weighted by Gasteiger charge is -2.29. The summed E-state index contributed by atoms with van der Waals surface area (Å²) in [5.74, 6) is 0. The van der Waals surface area contributed by atoms with Crippen LogP contribution in [0.25, 0.3) is 0 Å². The zero-order chi connectivity index (χ0) is 17.3. The highest BCUT2D eigenvalue weighted by atomic mass is 16.5. The second kappa shape index (κ2) is 9.71. The molecule has 2 aromatic rings. The molecule has 1 saturated carbocycles. The number of nitrogens with zero attached hydrogens (tertiary/aromatic N) is 1. The van der Waals surface area contributed by atoms with E-state index in [4.69, 9.17) is 4.74 Å². The first-order valence-corrected chi connectivity index (χ1v) is 9.41. The molecule has 25 heavy (non-hydrogen) atoms. The molecule has 1 fully saturated rings. The van der Waals surface area contributed by atoms with Gasteiger partial charge in [0.2, 0.25) is 0 Å². The van der Waals surface area contributed by atoms with Gasteiger partial charge >= 0.3 is 0 Å². The summed E-state index contributed by atoms with van der Waals surface area (Å²) in [6.07, 6.45) is 3.88. The van der Waals surface area contributed by atoms with Crippen molar-refractivity contribution in [2.75, 3.05) is 13.2 Å². The van der Waals surface area contributed by atoms with E-state index in [1.54, 1.807) is 0 Å². The highest BCUT2D eigenvalue weighted by Crippen LogP contribution is 2.21. The van der Waals surface area contributed by atoms with E-state index in [0.29, 0.717) is 6.61 Å². The van der Waals surface area contributed by atoms with Crippen molar-refractivity contribution in [1.82, 2.24) is 4.90 Å².